The molecule has 4 heteroatoms. The van der Waals surface area contributed by atoms with Crippen LogP contribution in [-0.2, 0) is 0 Å². The first-order valence-electron chi connectivity index (χ1n) is 7.46. The van der Waals surface area contributed by atoms with Crippen LogP contribution in [0.5, 0.6) is 0 Å². The van der Waals surface area contributed by atoms with Gasteiger partial charge in [-0.25, -0.2) is 0 Å². The van der Waals surface area contributed by atoms with Crippen molar-refractivity contribution >= 4 is 0 Å². The van der Waals surface area contributed by atoms with E-state index in [1.807, 2.05) is 6.33 Å². The van der Waals surface area contributed by atoms with Gasteiger partial charge in [0.05, 0.1) is 0 Å². The zero-order valence-corrected chi connectivity index (χ0v) is 12.2. The van der Waals surface area contributed by atoms with Crippen LogP contribution >= 0.6 is 0 Å². The van der Waals surface area contributed by atoms with E-state index in [-0.39, 0.29) is 0 Å². The summed E-state index contributed by atoms with van der Waals surface area (Å²) in [6.45, 7) is 6.55. The van der Waals surface area contributed by atoms with Gasteiger partial charge < -0.3 is 5.32 Å². The van der Waals surface area contributed by atoms with Crippen molar-refractivity contribution < 1.29 is 0 Å². The van der Waals surface area contributed by atoms with Gasteiger partial charge in [-0.3, -0.25) is 4.57 Å². The largest absolute Gasteiger partial charge is 0.316 e. The Labute approximate surface area is 120 Å². The summed E-state index contributed by atoms with van der Waals surface area (Å²) in [5.41, 5.74) is 2.52. The molecule has 1 aliphatic rings. The van der Waals surface area contributed by atoms with Crippen molar-refractivity contribution in [1.29, 1.82) is 0 Å². The van der Waals surface area contributed by atoms with E-state index in [0.29, 0.717) is 11.8 Å². The van der Waals surface area contributed by atoms with Crippen molar-refractivity contribution in [2.45, 2.75) is 38.5 Å². The van der Waals surface area contributed by atoms with Crippen molar-refractivity contribution in [1.82, 2.24) is 20.1 Å². The first kappa shape index (κ1) is 13.3. The molecule has 0 aliphatic carbocycles. The van der Waals surface area contributed by atoms with Gasteiger partial charge in [-0.15, -0.1) is 10.2 Å². The normalized spacial score (nSPS) is 19.4. The standard InChI is InChI=1S/C16H22N4/c1-12(2)13-5-7-15(8-6-13)20-11-18-19-16(20)14-4-3-9-17-10-14/h5-8,11-12,14,17H,3-4,9-10H2,1-2H3. The third-order valence-corrected chi connectivity index (χ3v) is 4.07. The Bertz CT molecular complexity index is 550. The van der Waals surface area contributed by atoms with Crippen LogP contribution in [0.4, 0.5) is 0 Å². The van der Waals surface area contributed by atoms with Crippen LogP contribution in [-0.4, -0.2) is 27.9 Å². The van der Waals surface area contributed by atoms with E-state index in [0.717, 1.165) is 24.6 Å². The van der Waals surface area contributed by atoms with Crippen LogP contribution in [0.1, 0.15) is 49.9 Å². The number of aromatic nitrogens is 3. The lowest BCUT2D eigenvalue weighted by molar-refractivity contribution is 0.442. The Morgan fingerprint density at radius 2 is 2.05 bits per heavy atom. The lowest BCUT2D eigenvalue weighted by atomic mass is 9.98. The van der Waals surface area contributed by atoms with Crippen molar-refractivity contribution in [3.63, 3.8) is 0 Å². The summed E-state index contributed by atoms with van der Waals surface area (Å²) < 4.78 is 2.13. The molecule has 1 saturated heterocycles. The number of rotatable bonds is 3. The summed E-state index contributed by atoms with van der Waals surface area (Å²) in [6, 6.07) is 8.72. The summed E-state index contributed by atoms with van der Waals surface area (Å²) in [4.78, 5) is 0. The van der Waals surface area contributed by atoms with E-state index in [1.165, 1.54) is 18.4 Å². The Hall–Kier alpha value is -1.68. The maximum Gasteiger partial charge on any atom is 0.141 e. The molecular weight excluding hydrogens is 248 g/mol. The van der Waals surface area contributed by atoms with Crippen LogP contribution in [0.15, 0.2) is 30.6 Å². The lowest BCUT2D eigenvalue weighted by Gasteiger charge is -2.22. The molecule has 0 radical (unpaired) electrons. The Morgan fingerprint density at radius 1 is 1.25 bits per heavy atom. The van der Waals surface area contributed by atoms with E-state index >= 15 is 0 Å². The monoisotopic (exact) mass is 270 g/mol. The maximum absolute atomic E-state index is 4.35. The molecule has 1 aromatic carbocycles. The first-order chi connectivity index (χ1) is 9.75. The molecule has 2 heterocycles. The van der Waals surface area contributed by atoms with Crippen molar-refractivity contribution in [2.24, 2.45) is 0 Å². The van der Waals surface area contributed by atoms with Gasteiger partial charge >= 0.3 is 0 Å². The molecule has 0 amide bonds. The van der Waals surface area contributed by atoms with E-state index < -0.39 is 0 Å². The summed E-state index contributed by atoms with van der Waals surface area (Å²) >= 11 is 0. The van der Waals surface area contributed by atoms with Crippen LogP contribution < -0.4 is 5.32 Å². The smallest absolute Gasteiger partial charge is 0.141 e. The number of nitrogens with one attached hydrogen (secondary N) is 1. The number of benzene rings is 1. The lowest BCUT2D eigenvalue weighted by Crippen LogP contribution is -2.29. The molecule has 0 saturated carbocycles. The fourth-order valence-electron chi connectivity index (χ4n) is 2.81. The molecule has 1 aliphatic heterocycles. The second-order valence-electron chi connectivity index (χ2n) is 5.85. The number of hydrogen-bond acceptors (Lipinski definition) is 3. The quantitative estimate of drug-likeness (QED) is 0.932. The van der Waals surface area contributed by atoms with E-state index in [1.54, 1.807) is 0 Å². The van der Waals surface area contributed by atoms with Gasteiger partial charge in [0.25, 0.3) is 0 Å². The van der Waals surface area contributed by atoms with Gasteiger partial charge in [-0.2, -0.15) is 0 Å². The molecule has 2 aromatic rings. The van der Waals surface area contributed by atoms with E-state index in [4.69, 9.17) is 0 Å². The van der Waals surface area contributed by atoms with Gasteiger partial charge in [-0.05, 0) is 43.0 Å². The predicted octanol–water partition coefficient (Wildman–Crippen LogP) is 2.86. The van der Waals surface area contributed by atoms with Crippen LogP contribution in [0.25, 0.3) is 5.69 Å². The molecule has 1 aromatic heterocycles. The molecule has 1 N–H and O–H groups in total. The molecule has 106 valence electrons. The molecule has 1 fully saturated rings. The topological polar surface area (TPSA) is 42.7 Å². The second kappa shape index (κ2) is 5.75. The number of hydrogen-bond donors (Lipinski definition) is 1. The summed E-state index contributed by atoms with van der Waals surface area (Å²) in [5, 5.41) is 11.9. The Balaban J connectivity index is 1.88. The van der Waals surface area contributed by atoms with Gasteiger partial charge in [-0.1, -0.05) is 26.0 Å². The average Bonchev–Trinajstić information content (AvgIpc) is 2.97. The summed E-state index contributed by atoms with van der Waals surface area (Å²) in [6.07, 6.45) is 4.23. The highest BCUT2D eigenvalue weighted by atomic mass is 15.3. The molecule has 3 rings (SSSR count). The average molecular weight is 270 g/mol. The van der Waals surface area contributed by atoms with Gasteiger partial charge in [0.2, 0.25) is 0 Å². The molecule has 20 heavy (non-hydrogen) atoms. The van der Waals surface area contributed by atoms with Crippen molar-refractivity contribution in [3.05, 3.63) is 42.0 Å². The molecule has 1 unspecified atom stereocenters. The summed E-state index contributed by atoms with van der Waals surface area (Å²) in [7, 11) is 0. The van der Waals surface area contributed by atoms with Crippen molar-refractivity contribution in [3.8, 4) is 5.69 Å². The minimum Gasteiger partial charge on any atom is -0.316 e. The van der Waals surface area contributed by atoms with Gasteiger partial charge in [0.1, 0.15) is 12.2 Å². The van der Waals surface area contributed by atoms with Crippen LogP contribution in [0.3, 0.4) is 0 Å². The first-order valence-corrected chi connectivity index (χ1v) is 7.46. The van der Waals surface area contributed by atoms with Crippen LogP contribution in [0, 0.1) is 0 Å². The third-order valence-electron chi connectivity index (χ3n) is 4.07. The predicted molar refractivity (Wildman–Crippen MR) is 80.3 cm³/mol. The third kappa shape index (κ3) is 2.61. The fraction of sp³-hybridized carbons (Fsp3) is 0.500. The van der Waals surface area contributed by atoms with E-state index in [2.05, 4.69) is 58.2 Å². The van der Waals surface area contributed by atoms with Crippen molar-refractivity contribution in [2.75, 3.05) is 13.1 Å². The second-order valence-corrected chi connectivity index (χ2v) is 5.85. The Morgan fingerprint density at radius 3 is 2.70 bits per heavy atom. The molecule has 0 bridgehead atoms. The van der Waals surface area contributed by atoms with Crippen LogP contribution in [0.2, 0.25) is 0 Å². The van der Waals surface area contributed by atoms with Gasteiger partial charge in [0.15, 0.2) is 0 Å². The molecule has 4 nitrogen and oxygen atoms in total. The molecular formula is C16H22N4. The summed E-state index contributed by atoms with van der Waals surface area (Å²) in [5.74, 6) is 2.11. The maximum atomic E-state index is 4.35. The number of piperidine rings is 1. The molecule has 1 atom stereocenters. The Kier molecular flexibility index (Phi) is 3.83. The van der Waals surface area contributed by atoms with Gasteiger partial charge in [0, 0.05) is 18.2 Å². The SMILES string of the molecule is CC(C)c1ccc(-n2cnnc2C2CCCNC2)cc1. The fourth-order valence-corrected chi connectivity index (χ4v) is 2.81. The zero-order chi connectivity index (χ0) is 13.9. The minimum atomic E-state index is 0.469. The zero-order valence-electron chi connectivity index (χ0n) is 12.2. The minimum absolute atomic E-state index is 0.469. The molecule has 0 spiro atoms. The highest BCUT2D eigenvalue weighted by Gasteiger charge is 2.21. The van der Waals surface area contributed by atoms with E-state index in [9.17, 15) is 0 Å². The highest BCUT2D eigenvalue weighted by Crippen LogP contribution is 2.24. The highest BCUT2D eigenvalue weighted by molar-refractivity contribution is 5.36. The number of nitrogens with zero attached hydrogens (tertiary/aromatic N) is 3.